The van der Waals surface area contributed by atoms with Crippen LogP contribution in [0.2, 0.25) is 0 Å². The summed E-state index contributed by atoms with van der Waals surface area (Å²) in [4.78, 5) is 15.5. The second kappa shape index (κ2) is 7.84. The van der Waals surface area contributed by atoms with Crippen LogP contribution in [-0.2, 0) is 30.6 Å². The molecule has 5 heteroatoms. The molecule has 0 fully saturated rings. The van der Waals surface area contributed by atoms with E-state index in [4.69, 9.17) is 0 Å². The lowest BCUT2D eigenvalue weighted by Gasteiger charge is -2.29. The maximum absolute atomic E-state index is 12.9. The van der Waals surface area contributed by atoms with E-state index in [1.165, 1.54) is 39.3 Å². The molecule has 2 aliphatic rings. The van der Waals surface area contributed by atoms with Gasteiger partial charge in [-0.2, -0.15) is 5.26 Å². The van der Waals surface area contributed by atoms with E-state index in [0.29, 0.717) is 5.56 Å². The number of fused-ring (bicyclic) bond motifs is 2. The van der Waals surface area contributed by atoms with Crippen LogP contribution in [0.3, 0.4) is 0 Å². The minimum absolute atomic E-state index is 0.0253. The Labute approximate surface area is 164 Å². The van der Waals surface area contributed by atoms with E-state index < -0.39 is 0 Å². The first kappa shape index (κ1) is 18.2. The van der Waals surface area contributed by atoms with Gasteiger partial charge in [-0.05, 0) is 43.7 Å². The zero-order valence-corrected chi connectivity index (χ0v) is 16.6. The van der Waals surface area contributed by atoms with Crippen molar-refractivity contribution in [2.24, 2.45) is 0 Å². The molecule has 2 aromatic rings. The molecule has 1 unspecified atom stereocenters. The number of carbonyl (C=O) groups excluding carboxylic acids is 1. The van der Waals surface area contributed by atoms with Gasteiger partial charge in [0.1, 0.15) is 17.6 Å². The van der Waals surface area contributed by atoms with Crippen molar-refractivity contribution in [1.82, 2.24) is 0 Å². The van der Waals surface area contributed by atoms with Crippen molar-refractivity contribution in [2.45, 2.75) is 58.0 Å². The van der Waals surface area contributed by atoms with E-state index >= 15 is 0 Å². The Balaban J connectivity index is 1.49. The van der Waals surface area contributed by atoms with E-state index in [9.17, 15) is 10.1 Å². The van der Waals surface area contributed by atoms with E-state index in [1.807, 2.05) is 6.92 Å². The number of anilines is 1. The van der Waals surface area contributed by atoms with E-state index in [1.54, 1.807) is 11.3 Å². The molecule has 0 radical (unpaired) electrons. The number of hydrogen-bond acceptors (Lipinski definition) is 3. The Bertz CT molecular complexity index is 895. The second-order valence-corrected chi connectivity index (χ2v) is 8.80. The van der Waals surface area contributed by atoms with Crippen LogP contribution in [0.5, 0.6) is 0 Å². The van der Waals surface area contributed by atoms with E-state index in [2.05, 4.69) is 35.7 Å². The van der Waals surface area contributed by atoms with Gasteiger partial charge in [0.25, 0.3) is 5.91 Å². The third kappa shape index (κ3) is 3.65. The van der Waals surface area contributed by atoms with Gasteiger partial charge in [0.05, 0.1) is 12.1 Å². The maximum atomic E-state index is 12.9. The van der Waals surface area contributed by atoms with Crippen LogP contribution in [0.15, 0.2) is 24.3 Å². The van der Waals surface area contributed by atoms with Gasteiger partial charge in [0.15, 0.2) is 6.04 Å². The number of hydrogen-bond donors (Lipinski definition) is 2. The highest BCUT2D eigenvalue weighted by Gasteiger charge is 2.30. The Morgan fingerprint density at radius 1 is 1.19 bits per heavy atom. The first-order chi connectivity index (χ1) is 13.2. The number of aryl methyl sites for hydroxylation is 1. The van der Waals surface area contributed by atoms with Gasteiger partial charge in [0, 0.05) is 16.9 Å². The van der Waals surface area contributed by atoms with Crippen molar-refractivity contribution in [3.8, 4) is 6.07 Å². The minimum atomic E-state index is -0.133. The van der Waals surface area contributed by atoms with Crippen LogP contribution in [0.1, 0.15) is 53.3 Å². The van der Waals surface area contributed by atoms with Crippen molar-refractivity contribution >= 4 is 22.2 Å². The molecule has 27 heavy (non-hydrogen) atoms. The predicted molar refractivity (Wildman–Crippen MR) is 108 cm³/mol. The molecule has 2 atom stereocenters. The number of nitrogens with one attached hydrogen (secondary N) is 2. The zero-order valence-electron chi connectivity index (χ0n) is 15.8. The lowest BCUT2D eigenvalue weighted by Crippen LogP contribution is -3.16. The first-order valence-electron chi connectivity index (χ1n) is 9.94. The molecule has 1 amide bonds. The SMILES string of the molecule is C[C@H](C(=O)Nc1sc2c(c1C#N)CCCCC2)[NH+]1CCc2ccccc2C1. The summed E-state index contributed by atoms with van der Waals surface area (Å²) >= 11 is 1.62. The highest BCUT2D eigenvalue weighted by Crippen LogP contribution is 2.37. The molecule has 0 saturated carbocycles. The van der Waals surface area contributed by atoms with E-state index in [-0.39, 0.29) is 11.9 Å². The summed E-state index contributed by atoms with van der Waals surface area (Å²) in [5.74, 6) is 0.0253. The second-order valence-electron chi connectivity index (χ2n) is 7.70. The number of thiophene rings is 1. The van der Waals surface area contributed by atoms with Gasteiger partial charge in [-0.1, -0.05) is 30.7 Å². The summed E-state index contributed by atoms with van der Waals surface area (Å²) in [5.41, 5.74) is 4.64. The van der Waals surface area contributed by atoms with Gasteiger partial charge >= 0.3 is 0 Å². The molecule has 0 spiro atoms. The average molecular weight is 381 g/mol. The first-order valence-corrected chi connectivity index (χ1v) is 10.8. The quantitative estimate of drug-likeness (QED) is 0.805. The smallest absolute Gasteiger partial charge is 0.283 e. The fraction of sp³-hybridized carbons (Fsp3) is 0.455. The Morgan fingerprint density at radius 2 is 1.96 bits per heavy atom. The van der Waals surface area contributed by atoms with Crippen molar-refractivity contribution in [3.63, 3.8) is 0 Å². The molecule has 2 N–H and O–H groups in total. The van der Waals surface area contributed by atoms with Gasteiger partial charge < -0.3 is 10.2 Å². The molecule has 1 aliphatic heterocycles. The summed E-state index contributed by atoms with van der Waals surface area (Å²) < 4.78 is 0. The van der Waals surface area contributed by atoms with Crippen LogP contribution in [0, 0.1) is 11.3 Å². The molecule has 1 aromatic heterocycles. The van der Waals surface area contributed by atoms with Crippen LogP contribution in [-0.4, -0.2) is 18.5 Å². The summed E-state index contributed by atoms with van der Waals surface area (Å²) in [6.45, 7) is 3.86. The standard InChI is InChI=1S/C22H25N3OS/c1-15(25-12-11-16-7-5-6-8-17(16)14-25)21(26)24-22-19(13-23)18-9-3-2-4-10-20(18)27-22/h5-8,15H,2-4,9-12,14H2,1H3,(H,24,26)/p+1/t15-/m1/s1. The fourth-order valence-corrected chi connectivity index (χ4v) is 5.57. The van der Waals surface area contributed by atoms with Crippen LogP contribution in [0.25, 0.3) is 0 Å². The number of nitrogens with zero attached hydrogens (tertiary/aromatic N) is 1. The Hall–Kier alpha value is -2.16. The Morgan fingerprint density at radius 3 is 2.78 bits per heavy atom. The normalized spacial score (nSPS) is 19.9. The molecule has 0 bridgehead atoms. The van der Waals surface area contributed by atoms with E-state index in [0.717, 1.165) is 43.8 Å². The molecule has 1 aliphatic carbocycles. The molecule has 140 valence electrons. The maximum Gasteiger partial charge on any atom is 0.283 e. The van der Waals surface area contributed by atoms with Crippen molar-refractivity contribution < 1.29 is 9.69 Å². The zero-order chi connectivity index (χ0) is 18.8. The van der Waals surface area contributed by atoms with Crippen molar-refractivity contribution in [2.75, 3.05) is 11.9 Å². The van der Waals surface area contributed by atoms with Gasteiger partial charge in [-0.3, -0.25) is 4.79 Å². The number of nitriles is 1. The van der Waals surface area contributed by atoms with Crippen molar-refractivity contribution in [3.05, 3.63) is 51.4 Å². The minimum Gasteiger partial charge on any atom is -0.321 e. The summed E-state index contributed by atoms with van der Waals surface area (Å²) in [7, 11) is 0. The highest BCUT2D eigenvalue weighted by molar-refractivity contribution is 7.16. The lowest BCUT2D eigenvalue weighted by molar-refractivity contribution is -0.929. The number of carbonyl (C=O) groups is 1. The molecule has 4 rings (SSSR count). The van der Waals surface area contributed by atoms with Gasteiger partial charge in [-0.25, -0.2) is 0 Å². The summed E-state index contributed by atoms with van der Waals surface area (Å²) in [6.07, 6.45) is 6.56. The van der Waals surface area contributed by atoms with Crippen LogP contribution >= 0.6 is 11.3 Å². The number of benzene rings is 1. The average Bonchev–Trinajstić information content (AvgIpc) is 2.86. The largest absolute Gasteiger partial charge is 0.321 e. The topological polar surface area (TPSA) is 57.3 Å². The summed E-state index contributed by atoms with van der Waals surface area (Å²) in [6, 6.07) is 10.7. The molecule has 4 nitrogen and oxygen atoms in total. The third-order valence-corrected chi connectivity index (χ3v) is 7.23. The van der Waals surface area contributed by atoms with Crippen LogP contribution < -0.4 is 10.2 Å². The Kier molecular flexibility index (Phi) is 5.29. The highest BCUT2D eigenvalue weighted by atomic mass is 32.1. The molecular weight excluding hydrogens is 354 g/mol. The fourth-order valence-electron chi connectivity index (χ4n) is 4.33. The number of amides is 1. The third-order valence-electron chi connectivity index (χ3n) is 6.03. The number of rotatable bonds is 3. The molecule has 1 aromatic carbocycles. The lowest BCUT2D eigenvalue weighted by atomic mass is 9.99. The van der Waals surface area contributed by atoms with Gasteiger partial charge in [0.2, 0.25) is 0 Å². The summed E-state index contributed by atoms with van der Waals surface area (Å²) in [5, 5.41) is 13.5. The molecule has 2 heterocycles. The van der Waals surface area contributed by atoms with Crippen LogP contribution in [0.4, 0.5) is 5.00 Å². The predicted octanol–water partition coefficient (Wildman–Crippen LogP) is 2.86. The monoisotopic (exact) mass is 380 g/mol. The van der Waals surface area contributed by atoms with Crippen molar-refractivity contribution in [1.29, 1.82) is 5.26 Å². The number of quaternary nitrogens is 1. The molecular formula is C22H26N3OS+. The van der Waals surface area contributed by atoms with Gasteiger partial charge in [-0.15, -0.1) is 11.3 Å². The molecule has 0 saturated heterocycles.